The third kappa shape index (κ3) is 4.16. The number of carbonyl (C=O) groups is 2. The average molecular weight is 510 g/mol. The molecule has 3 aromatic rings. The van der Waals surface area contributed by atoms with Gasteiger partial charge in [-0.2, -0.15) is 0 Å². The number of nitro groups is 1. The molecule has 0 radical (unpaired) electrons. The van der Waals surface area contributed by atoms with E-state index in [0.717, 1.165) is 4.90 Å². The van der Waals surface area contributed by atoms with Gasteiger partial charge in [-0.05, 0) is 60.7 Å². The molecule has 3 atom stereocenters. The number of rotatable bonds is 5. The Morgan fingerprint density at radius 2 is 1.46 bits per heavy atom. The summed E-state index contributed by atoms with van der Waals surface area (Å²) in [5, 5.41) is 13.9. The number of anilines is 2. The standard InChI is InChI=1S/C25H17Cl2N3O5/c26-16-6-10-18(11-7-16)28-24(31)22-21(14-5-15-3-1-2-4-20(15)30(33)34)29(35-23(22)25(28)32)19-12-8-17(27)9-13-19/h1-14,21-23H/b14-5+/t21-,22-,23+/m0/s1. The number of carbonyl (C=O) groups excluding carboxylic acids is 2. The number of nitrogens with zero attached hydrogens (tertiary/aromatic N) is 3. The molecule has 3 aromatic carbocycles. The van der Waals surface area contributed by atoms with E-state index < -0.39 is 34.8 Å². The smallest absolute Gasteiger partial charge is 0.273 e. The van der Waals surface area contributed by atoms with Crippen LogP contribution in [-0.4, -0.2) is 28.9 Å². The van der Waals surface area contributed by atoms with E-state index in [0.29, 0.717) is 27.0 Å². The van der Waals surface area contributed by atoms with Crippen molar-refractivity contribution in [3.05, 3.63) is 105 Å². The Kier molecular flexibility index (Phi) is 6.02. The van der Waals surface area contributed by atoms with E-state index in [1.165, 1.54) is 11.1 Å². The van der Waals surface area contributed by atoms with Gasteiger partial charge in [0, 0.05) is 16.1 Å². The van der Waals surface area contributed by atoms with Crippen molar-refractivity contribution in [3.63, 3.8) is 0 Å². The molecule has 2 amide bonds. The summed E-state index contributed by atoms with van der Waals surface area (Å²) in [5.41, 5.74) is 1.26. The van der Waals surface area contributed by atoms with E-state index in [1.54, 1.807) is 78.9 Å². The molecule has 0 spiro atoms. The van der Waals surface area contributed by atoms with E-state index in [-0.39, 0.29) is 5.69 Å². The van der Waals surface area contributed by atoms with E-state index >= 15 is 0 Å². The molecule has 0 aromatic heterocycles. The molecule has 35 heavy (non-hydrogen) atoms. The summed E-state index contributed by atoms with van der Waals surface area (Å²) in [4.78, 5) is 44.9. The van der Waals surface area contributed by atoms with E-state index in [9.17, 15) is 19.7 Å². The Hall–Kier alpha value is -3.72. The molecule has 2 aliphatic rings. The maximum atomic E-state index is 13.5. The van der Waals surface area contributed by atoms with Crippen molar-refractivity contribution in [1.82, 2.24) is 0 Å². The minimum atomic E-state index is -1.06. The van der Waals surface area contributed by atoms with E-state index in [1.807, 2.05) is 0 Å². The molecular weight excluding hydrogens is 493 g/mol. The normalized spacial score (nSPS) is 21.7. The van der Waals surface area contributed by atoms with Gasteiger partial charge in [0.25, 0.3) is 11.6 Å². The first kappa shape index (κ1) is 23.0. The summed E-state index contributed by atoms with van der Waals surface area (Å²) in [6.45, 7) is 0. The molecule has 0 aliphatic carbocycles. The van der Waals surface area contributed by atoms with Gasteiger partial charge in [-0.25, -0.2) is 9.96 Å². The van der Waals surface area contributed by atoms with Gasteiger partial charge in [0.1, 0.15) is 5.92 Å². The SMILES string of the molecule is O=C1[C@@H]2[C@@H](ON(c3ccc(Cl)cc3)[C@H]2/C=C/c2ccccc2[N+](=O)[O-])C(=O)N1c1ccc(Cl)cc1. The fourth-order valence-electron chi connectivity index (χ4n) is 4.30. The molecular formula is C25H17Cl2N3O5. The second kappa shape index (κ2) is 9.14. The van der Waals surface area contributed by atoms with Gasteiger partial charge in [0.2, 0.25) is 5.91 Å². The highest BCUT2D eigenvalue weighted by Gasteiger charge is 2.59. The number of hydroxylamine groups is 1. The topological polar surface area (TPSA) is 93.0 Å². The van der Waals surface area contributed by atoms with Crippen LogP contribution in [0.3, 0.4) is 0 Å². The first-order valence-electron chi connectivity index (χ1n) is 10.6. The van der Waals surface area contributed by atoms with Gasteiger partial charge in [-0.3, -0.25) is 24.5 Å². The summed E-state index contributed by atoms with van der Waals surface area (Å²) in [5.74, 6) is -1.80. The fourth-order valence-corrected chi connectivity index (χ4v) is 4.55. The largest absolute Gasteiger partial charge is 0.276 e. The number of benzene rings is 3. The van der Waals surface area contributed by atoms with Crippen molar-refractivity contribution < 1.29 is 19.3 Å². The molecule has 0 saturated carbocycles. The highest BCUT2D eigenvalue weighted by Crippen LogP contribution is 2.41. The second-order valence-corrected chi connectivity index (χ2v) is 8.88. The molecule has 2 saturated heterocycles. The van der Waals surface area contributed by atoms with Gasteiger partial charge < -0.3 is 0 Å². The zero-order valence-electron chi connectivity index (χ0n) is 18.0. The quantitative estimate of drug-likeness (QED) is 0.263. The van der Waals surface area contributed by atoms with Gasteiger partial charge in [-0.1, -0.05) is 41.4 Å². The molecule has 0 N–H and O–H groups in total. The monoisotopic (exact) mass is 509 g/mol. The van der Waals surface area contributed by atoms with Crippen molar-refractivity contribution in [2.24, 2.45) is 5.92 Å². The van der Waals surface area contributed by atoms with Crippen LogP contribution in [0.15, 0.2) is 78.9 Å². The fraction of sp³-hybridized carbons (Fsp3) is 0.120. The Bertz CT molecular complexity index is 1340. The number of amides is 2. The molecule has 0 bridgehead atoms. The Labute approximate surface area is 210 Å². The third-order valence-corrected chi connectivity index (χ3v) is 6.44. The highest BCUT2D eigenvalue weighted by molar-refractivity contribution is 6.31. The number of nitro benzene ring substituents is 1. The lowest BCUT2D eigenvalue weighted by molar-refractivity contribution is -0.385. The molecule has 10 heteroatoms. The Morgan fingerprint density at radius 3 is 2.09 bits per heavy atom. The Morgan fingerprint density at radius 1 is 0.857 bits per heavy atom. The predicted octanol–water partition coefficient (Wildman–Crippen LogP) is 5.29. The van der Waals surface area contributed by atoms with Gasteiger partial charge >= 0.3 is 0 Å². The molecule has 176 valence electrons. The number of hydrogen-bond donors (Lipinski definition) is 0. The molecule has 2 fully saturated rings. The lowest BCUT2D eigenvalue weighted by Crippen LogP contribution is -2.39. The van der Waals surface area contributed by atoms with Crippen molar-refractivity contribution in [3.8, 4) is 0 Å². The summed E-state index contributed by atoms with van der Waals surface area (Å²) < 4.78 is 0. The maximum Gasteiger partial charge on any atom is 0.276 e. The predicted molar refractivity (Wildman–Crippen MR) is 132 cm³/mol. The number of halogens is 2. The Balaban J connectivity index is 1.54. The minimum Gasteiger partial charge on any atom is -0.273 e. The molecule has 5 rings (SSSR count). The molecule has 2 heterocycles. The molecule has 0 unspecified atom stereocenters. The van der Waals surface area contributed by atoms with Crippen LogP contribution in [0.4, 0.5) is 17.1 Å². The lowest BCUT2D eigenvalue weighted by atomic mass is 9.95. The number of para-hydroxylation sites is 1. The van der Waals surface area contributed by atoms with Crippen molar-refractivity contribution >= 4 is 58.2 Å². The number of hydrogen-bond acceptors (Lipinski definition) is 6. The van der Waals surface area contributed by atoms with Crippen LogP contribution in [0, 0.1) is 16.0 Å². The van der Waals surface area contributed by atoms with Crippen LogP contribution in [0.5, 0.6) is 0 Å². The van der Waals surface area contributed by atoms with Crippen LogP contribution >= 0.6 is 23.2 Å². The minimum absolute atomic E-state index is 0.0751. The molecule has 8 nitrogen and oxygen atoms in total. The van der Waals surface area contributed by atoms with E-state index in [2.05, 4.69) is 0 Å². The van der Waals surface area contributed by atoms with Gasteiger partial charge in [0.15, 0.2) is 6.10 Å². The average Bonchev–Trinajstić information content (AvgIpc) is 3.34. The first-order chi connectivity index (χ1) is 16.8. The summed E-state index contributed by atoms with van der Waals surface area (Å²) in [6.07, 6.45) is 2.16. The van der Waals surface area contributed by atoms with Crippen molar-refractivity contribution in [2.75, 3.05) is 9.96 Å². The summed E-state index contributed by atoms with van der Waals surface area (Å²) in [6, 6.07) is 18.7. The first-order valence-corrected chi connectivity index (χ1v) is 11.4. The van der Waals surface area contributed by atoms with Crippen molar-refractivity contribution in [1.29, 1.82) is 0 Å². The zero-order chi connectivity index (χ0) is 24.7. The van der Waals surface area contributed by atoms with Crippen LogP contribution in [0.2, 0.25) is 10.0 Å². The number of fused-ring (bicyclic) bond motifs is 1. The van der Waals surface area contributed by atoms with E-state index in [4.69, 9.17) is 28.0 Å². The van der Waals surface area contributed by atoms with Crippen LogP contribution in [-0.2, 0) is 14.4 Å². The summed E-state index contributed by atoms with van der Waals surface area (Å²) in [7, 11) is 0. The van der Waals surface area contributed by atoms with Gasteiger partial charge in [0.05, 0.1) is 27.9 Å². The van der Waals surface area contributed by atoms with Crippen LogP contribution < -0.4 is 9.96 Å². The van der Waals surface area contributed by atoms with Crippen LogP contribution in [0.25, 0.3) is 6.08 Å². The maximum absolute atomic E-state index is 13.5. The second-order valence-electron chi connectivity index (χ2n) is 8.01. The van der Waals surface area contributed by atoms with Crippen molar-refractivity contribution in [2.45, 2.75) is 12.1 Å². The van der Waals surface area contributed by atoms with Gasteiger partial charge in [-0.15, -0.1) is 0 Å². The third-order valence-electron chi connectivity index (χ3n) is 5.93. The lowest BCUT2D eigenvalue weighted by Gasteiger charge is -2.26. The number of imide groups is 1. The van der Waals surface area contributed by atoms with Crippen LogP contribution in [0.1, 0.15) is 5.56 Å². The zero-order valence-corrected chi connectivity index (χ0v) is 19.5. The highest BCUT2D eigenvalue weighted by atomic mass is 35.5. The molecule has 2 aliphatic heterocycles. The summed E-state index contributed by atoms with van der Waals surface area (Å²) >= 11 is 12.0.